The lowest BCUT2D eigenvalue weighted by Crippen LogP contribution is -2.45. The molecule has 18 heavy (non-hydrogen) atoms. The van der Waals surface area contributed by atoms with Crippen LogP contribution in [0.5, 0.6) is 11.5 Å². The summed E-state index contributed by atoms with van der Waals surface area (Å²) in [5.41, 5.74) is 1.01. The van der Waals surface area contributed by atoms with Crippen LogP contribution in [0.3, 0.4) is 0 Å². The third kappa shape index (κ3) is 2.11. The number of hydrogen-bond acceptors (Lipinski definition) is 5. The molecule has 1 aromatic carbocycles. The lowest BCUT2D eigenvalue weighted by atomic mass is 10.2. The monoisotopic (exact) mass is 250 g/mol. The SMILES string of the molecule is CN1CCN(c2cccc3c2OC(O)CO3)CC1. The Morgan fingerprint density at radius 1 is 1.22 bits per heavy atom. The first kappa shape index (κ1) is 11.6. The molecule has 1 saturated heterocycles. The first-order valence-corrected chi connectivity index (χ1v) is 6.28. The van der Waals surface area contributed by atoms with Gasteiger partial charge in [0.1, 0.15) is 0 Å². The molecule has 0 saturated carbocycles. The second-order valence-electron chi connectivity index (χ2n) is 4.78. The van der Waals surface area contributed by atoms with Crippen LogP contribution >= 0.6 is 0 Å². The van der Waals surface area contributed by atoms with E-state index in [2.05, 4.69) is 16.8 Å². The Bertz CT molecular complexity index is 430. The lowest BCUT2D eigenvalue weighted by Gasteiger charge is -2.36. The molecule has 0 aromatic heterocycles. The van der Waals surface area contributed by atoms with Gasteiger partial charge in [0.25, 0.3) is 0 Å². The Hall–Kier alpha value is -1.46. The van der Waals surface area contributed by atoms with Crippen molar-refractivity contribution in [1.29, 1.82) is 0 Å². The van der Waals surface area contributed by atoms with Crippen LogP contribution in [0.25, 0.3) is 0 Å². The average Bonchev–Trinajstić information content (AvgIpc) is 2.39. The van der Waals surface area contributed by atoms with Gasteiger partial charge in [-0.05, 0) is 19.2 Å². The number of anilines is 1. The molecule has 2 aliphatic rings. The first-order valence-electron chi connectivity index (χ1n) is 6.28. The Morgan fingerprint density at radius 3 is 2.78 bits per heavy atom. The number of benzene rings is 1. The molecule has 0 radical (unpaired) electrons. The van der Waals surface area contributed by atoms with E-state index in [0.717, 1.165) is 37.6 Å². The molecule has 1 atom stereocenters. The normalized spacial score (nSPS) is 24.1. The van der Waals surface area contributed by atoms with E-state index in [1.54, 1.807) is 0 Å². The molecule has 0 amide bonds. The second kappa shape index (κ2) is 4.66. The maximum atomic E-state index is 9.55. The van der Waals surface area contributed by atoms with Crippen molar-refractivity contribution >= 4 is 5.69 Å². The summed E-state index contributed by atoms with van der Waals surface area (Å²) in [4.78, 5) is 4.58. The number of fused-ring (bicyclic) bond motifs is 1. The standard InChI is InChI=1S/C13H18N2O3/c1-14-5-7-15(8-6-14)10-3-2-4-11-13(10)18-12(16)9-17-11/h2-4,12,16H,5-9H2,1H3. The van der Waals surface area contributed by atoms with Gasteiger partial charge in [0.2, 0.25) is 6.29 Å². The average molecular weight is 250 g/mol. The van der Waals surface area contributed by atoms with Gasteiger partial charge in [-0.1, -0.05) is 6.07 Å². The molecule has 5 heteroatoms. The molecule has 98 valence electrons. The number of nitrogens with zero attached hydrogens (tertiary/aromatic N) is 2. The predicted molar refractivity (Wildman–Crippen MR) is 68.3 cm³/mol. The van der Waals surface area contributed by atoms with Crippen LogP contribution in [-0.2, 0) is 0 Å². The number of aliphatic hydroxyl groups excluding tert-OH is 1. The summed E-state index contributed by atoms with van der Waals surface area (Å²) in [7, 11) is 2.13. The fourth-order valence-electron chi connectivity index (χ4n) is 2.36. The molecule has 1 N–H and O–H groups in total. The quantitative estimate of drug-likeness (QED) is 0.787. The first-order chi connectivity index (χ1) is 8.74. The van der Waals surface area contributed by atoms with Gasteiger partial charge >= 0.3 is 0 Å². The summed E-state index contributed by atoms with van der Waals surface area (Å²) in [5.74, 6) is 1.39. The Labute approximate surface area is 107 Å². The van der Waals surface area contributed by atoms with E-state index in [1.807, 2.05) is 18.2 Å². The molecule has 3 rings (SSSR count). The number of hydrogen-bond donors (Lipinski definition) is 1. The van der Waals surface area contributed by atoms with Crippen LogP contribution in [0.2, 0.25) is 0 Å². The van der Waals surface area contributed by atoms with Crippen molar-refractivity contribution in [2.75, 3.05) is 44.7 Å². The van der Waals surface area contributed by atoms with Gasteiger partial charge < -0.3 is 24.4 Å². The van der Waals surface area contributed by atoms with Gasteiger partial charge in [0.05, 0.1) is 5.69 Å². The van der Waals surface area contributed by atoms with E-state index in [9.17, 15) is 5.11 Å². The highest BCUT2D eigenvalue weighted by Crippen LogP contribution is 2.40. The second-order valence-corrected chi connectivity index (χ2v) is 4.78. The van der Waals surface area contributed by atoms with Crippen LogP contribution in [0.15, 0.2) is 18.2 Å². The van der Waals surface area contributed by atoms with Crippen LogP contribution in [0, 0.1) is 0 Å². The molecule has 0 spiro atoms. The van der Waals surface area contributed by atoms with Gasteiger partial charge in [-0.15, -0.1) is 0 Å². The van der Waals surface area contributed by atoms with Crippen molar-refractivity contribution in [3.05, 3.63) is 18.2 Å². The summed E-state index contributed by atoms with van der Waals surface area (Å²) in [6.07, 6.45) is -0.869. The minimum absolute atomic E-state index is 0.194. The van der Waals surface area contributed by atoms with Crippen molar-refractivity contribution in [1.82, 2.24) is 4.90 Å². The molecule has 1 aromatic rings. The van der Waals surface area contributed by atoms with Crippen LogP contribution < -0.4 is 14.4 Å². The summed E-state index contributed by atoms with van der Waals surface area (Å²) < 4.78 is 11.0. The molecular formula is C13H18N2O3. The Morgan fingerprint density at radius 2 is 2.00 bits per heavy atom. The molecule has 0 bridgehead atoms. The number of likely N-dealkylation sites (N-methyl/N-ethyl adjacent to an activating group) is 1. The van der Waals surface area contributed by atoms with Crippen molar-refractivity contribution < 1.29 is 14.6 Å². The zero-order valence-electron chi connectivity index (χ0n) is 10.5. The number of rotatable bonds is 1. The molecule has 2 aliphatic heterocycles. The minimum Gasteiger partial charge on any atom is -0.483 e. The topological polar surface area (TPSA) is 45.2 Å². The smallest absolute Gasteiger partial charge is 0.232 e. The van der Waals surface area contributed by atoms with Gasteiger partial charge in [-0.25, -0.2) is 0 Å². The molecule has 5 nitrogen and oxygen atoms in total. The third-order valence-corrected chi connectivity index (χ3v) is 3.44. The van der Waals surface area contributed by atoms with Gasteiger partial charge in [0, 0.05) is 26.2 Å². The van der Waals surface area contributed by atoms with E-state index < -0.39 is 6.29 Å². The number of piperazine rings is 1. The third-order valence-electron chi connectivity index (χ3n) is 3.44. The van der Waals surface area contributed by atoms with E-state index >= 15 is 0 Å². The van der Waals surface area contributed by atoms with E-state index in [4.69, 9.17) is 9.47 Å². The number of ether oxygens (including phenoxy) is 2. The highest BCUT2D eigenvalue weighted by Gasteiger charge is 2.25. The van der Waals surface area contributed by atoms with E-state index in [1.165, 1.54) is 0 Å². The van der Waals surface area contributed by atoms with Crippen molar-refractivity contribution in [2.45, 2.75) is 6.29 Å². The zero-order chi connectivity index (χ0) is 12.5. The molecule has 2 heterocycles. The number of para-hydroxylation sites is 1. The van der Waals surface area contributed by atoms with Crippen molar-refractivity contribution in [3.63, 3.8) is 0 Å². The summed E-state index contributed by atoms with van der Waals surface area (Å²) in [6, 6.07) is 5.86. The molecule has 1 fully saturated rings. The number of aliphatic hydroxyl groups is 1. The maximum absolute atomic E-state index is 9.55. The molecule has 0 aliphatic carbocycles. The molecule has 1 unspecified atom stereocenters. The summed E-state index contributed by atoms with van der Waals surface area (Å²) in [6.45, 7) is 4.19. The zero-order valence-corrected chi connectivity index (χ0v) is 10.5. The lowest BCUT2D eigenvalue weighted by molar-refractivity contribution is -0.0666. The Kier molecular flexibility index (Phi) is 3.01. The van der Waals surface area contributed by atoms with Gasteiger partial charge in [0.15, 0.2) is 18.1 Å². The van der Waals surface area contributed by atoms with E-state index in [0.29, 0.717) is 5.75 Å². The van der Waals surface area contributed by atoms with Crippen LogP contribution in [0.1, 0.15) is 0 Å². The molecular weight excluding hydrogens is 232 g/mol. The van der Waals surface area contributed by atoms with Crippen molar-refractivity contribution in [2.24, 2.45) is 0 Å². The summed E-state index contributed by atoms with van der Waals surface area (Å²) >= 11 is 0. The van der Waals surface area contributed by atoms with Gasteiger partial charge in [-0.3, -0.25) is 0 Å². The van der Waals surface area contributed by atoms with Gasteiger partial charge in [-0.2, -0.15) is 0 Å². The van der Waals surface area contributed by atoms with E-state index in [-0.39, 0.29) is 6.61 Å². The highest BCUT2D eigenvalue weighted by molar-refractivity contribution is 5.65. The summed E-state index contributed by atoms with van der Waals surface area (Å²) in [5, 5.41) is 9.55. The highest BCUT2D eigenvalue weighted by atomic mass is 16.7. The minimum atomic E-state index is -0.869. The fraction of sp³-hybridized carbons (Fsp3) is 0.538. The Balaban J connectivity index is 1.88. The maximum Gasteiger partial charge on any atom is 0.232 e. The largest absolute Gasteiger partial charge is 0.483 e. The van der Waals surface area contributed by atoms with Crippen LogP contribution in [-0.4, -0.2) is 56.1 Å². The predicted octanol–water partition coefficient (Wildman–Crippen LogP) is 0.528. The van der Waals surface area contributed by atoms with Crippen molar-refractivity contribution in [3.8, 4) is 11.5 Å². The fourth-order valence-corrected chi connectivity index (χ4v) is 2.36. The van der Waals surface area contributed by atoms with Crippen LogP contribution in [0.4, 0.5) is 5.69 Å².